The predicted molar refractivity (Wildman–Crippen MR) is 107 cm³/mol. The van der Waals surface area contributed by atoms with Gasteiger partial charge in [0, 0.05) is 17.0 Å². The monoisotopic (exact) mass is 418 g/mol. The van der Waals surface area contributed by atoms with Crippen LogP contribution in [-0.4, -0.2) is 36.4 Å². The molecule has 3 N–H and O–H groups in total. The van der Waals surface area contributed by atoms with Gasteiger partial charge in [-0.1, -0.05) is 30.3 Å². The third-order valence-electron chi connectivity index (χ3n) is 4.47. The number of hydrogen-bond donors (Lipinski definition) is 3. The molecule has 0 spiro atoms. The van der Waals surface area contributed by atoms with Crippen molar-refractivity contribution < 1.29 is 27.8 Å². The van der Waals surface area contributed by atoms with Gasteiger partial charge < -0.3 is 14.5 Å². The van der Waals surface area contributed by atoms with E-state index in [2.05, 4.69) is 4.72 Å². The summed E-state index contributed by atoms with van der Waals surface area (Å²) < 4.78 is 32.8. The summed E-state index contributed by atoms with van der Waals surface area (Å²) in [4.78, 5) is 10.6. The van der Waals surface area contributed by atoms with Crippen LogP contribution in [0, 0.1) is 17.0 Å². The summed E-state index contributed by atoms with van der Waals surface area (Å²) in [6.45, 7) is 1.66. The van der Waals surface area contributed by atoms with Crippen LogP contribution in [0.2, 0.25) is 0 Å². The van der Waals surface area contributed by atoms with Gasteiger partial charge in [0.15, 0.2) is 0 Å². The van der Waals surface area contributed by atoms with E-state index in [1.807, 2.05) is 0 Å². The molecule has 0 amide bonds. The Bertz CT molecular complexity index is 1140. The molecule has 0 bridgehead atoms. The number of nitrogens with one attached hydrogen (secondary N) is 1. The van der Waals surface area contributed by atoms with Crippen molar-refractivity contribution in [3.05, 3.63) is 75.5 Å². The summed E-state index contributed by atoms with van der Waals surface area (Å²) in [7, 11) is -6.09. The maximum Gasteiger partial charge on any atom is 0.471 e. The Morgan fingerprint density at radius 1 is 1.21 bits per heavy atom. The Balaban J connectivity index is 1.82. The first-order valence-corrected chi connectivity index (χ1v) is 10.4. The van der Waals surface area contributed by atoms with Gasteiger partial charge in [0.2, 0.25) is 10.0 Å². The fraction of sp³-hybridized carbons (Fsp3) is 0.222. The Morgan fingerprint density at radius 3 is 2.62 bits per heavy atom. The number of hydrogen-bond acceptors (Lipinski definition) is 7. The van der Waals surface area contributed by atoms with E-state index in [0.29, 0.717) is 16.7 Å². The minimum Gasteiger partial charge on any atom is -0.464 e. The molecule has 1 heterocycles. The van der Waals surface area contributed by atoms with Crippen LogP contribution >= 0.6 is 0 Å². The number of nitro benzene ring substituents is 1. The van der Waals surface area contributed by atoms with Gasteiger partial charge >= 0.3 is 7.12 Å². The van der Waals surface area contributed by atoms with Crippen molar-refractivity contribution in [3.8, 4) is 0 Å². The average molecular weight is 418 g/mol. The van der Waals surface area contributed by atoms with Crippen molar-refractivity contribution in [1.82, 2.24) is 4.72 Å². The fourth-order valence-electron chi connectivity index (χ4n) is 3.08. The number of sulfonamides is 1. The third-order valence-corrected chi connectivity index (χ3v) is 5.83. The second kappa shape index (κ2) is 8.33. The molecule has 0 saturated carbocycles. The standard InChI is InChI=1S/C18H19BN2O7S/c1-12-6-7-13(16(8-12)21(24)25)11-29(26,27)20-18(19(22)23)9-14-10-28-17-5-3-2-4-15(14)17/h2-8,10,18,20,22-23H,9,11H2,1H3/t18-/m0/s1. The van der Waals surface area contributed by atoms with E-state index in [1.54, 1.807) is 37.3 Å². The maximum absolute atomic E-state index is 12.6. The van der Waals surface area contributed by atoms with E-state index >= 15 is 0 Å². The first kappa shape index (κ1) is 21.0. The molecular weight excluding hydrogens is 399 g/mol. The first-order chi connectivity index (χ1) is 13.7. The number of para-hydroxylation sites is 1. The van der Waals surface area contributed by atoms with E-state index < -0.39 is 33.8 Å². The number of fused-ring (bicyclic) bond motifs is 1. The summed E-state index contributed by atoms with van der Waals surface area (Å²) in [6, 6.07) is 11.3. The molecule has 0 unspecified atom stereocenters. The molecule has 29 heavy (non-hydrogen) atoms. The van der Waals surface area contributed by atoms with Gasteiger partial charge in [-0.25, -0.2) is 13.1 Å². The normalized spacial score (nSPS) is 12.8. The quantitative estimate of drug-likeness (QED) is 0.287. The van der Waals surface area contributed by atoms with Crippen LogP contribution < -0.4 is 4.72 Å². The number of aryl methyl sites for hydroxylation is 1. The third kappa shape index (κ3) is 5.01. The Hall–Kier alpha value is -2.73. The highest BCUT2D eigenvalue weighted by atomic mass is 32.2. The zero-order valence-corrected chi connectivity index (χ0v) is 16.3. The molecule has 1 atom stereocenters. The van der Waals surface area contributed by atoms with Crippen molar-refractivity contribution in [1.29, 1.82) is 0 Å². The molecule has 3 rings (SSSR count). The van der Waals surface area contributed by atoms with E-state index in [0.717, 1.165) is 5.39 Å². The average Bonchev–Trinajstić information content (AvgIpc) is 3.05. The molecule has 11 heteroatoms. The number of rotatable bonds is 8. The van der Waals surface area contributed by atoms with Crippen molar-refractivity contribution >= 4 is 33.8 Å². The largest absolute Gasteiger partial charge is 0.471 e. The summed E-state index contributed by atoms with van der Waals surface area (Å²) >= 11 is 0. The van der Waals surface area contributed by atoms with E-state index in [4.69, 9.17) is 4.42 Å². The first-order valence-electron chi connectivity index (χ1n) is 8.71. The number of nitrogens with zero attached hydrogens (tertiary/aromatic N) is 1. The molecule has 0 fully saturated rings. The lowest BCUT2D eigenvalue weighted by Crippen LogP contribution is -2.48. The summed E-state index contributed by atoms with van der Waals surface area (Å²) in [5, 5.41) is 31.3. The van der Waals surface area contributed by atoms with E-state index in [-0.39, 0.29) is 17.7 Å². The second-order valence-electron chi connectivity index (χ2n) is 6.75. The van der Waals surface area contributed by atoms with Crippen LogP contribution in [0.15, 0.2) is 53.1 Å². The highest BCUT2D eigenvalue weighted by molar-refractivity contribution is 7.88. The SMILES string of the molecule is Cc1ccc(CS(=O)(=O)N[C@@H](Cc2coc3ccccc23)B(O)O)c([N+](=O)[O-])c1. The lowest BCUT2D eigenvalue weighted by Gasteiger charge is -2.17. The summed E-state index contributed by atoms with van der Waals surface area (Å²) in [5.74, 6) is -1.93. The molecule has 1 aromatic heterocycles. The van der Waals surface area contributed by atoms with Crippen LogP contribution in [0.1, 0.15) is 16.7 Å². The smallest absolute Gasteiger partial charge is 0.464 e. The topological polar surface area (TPSA) is 143 Å². The Morgan fingerprint density at radius 2 is 1.93 bits per heavy atom. The molecule has 152 valence electrons. The zero-order valence-electron chi connectivity index (χ0n) is 15.5. The van der Waals surface area contributed by atoms with Crippen molar-refractivity contribution in [3.63, 3.8) is 0 Å². The van der Waals surface area contributed by atoms with Gasteiger partial charge in [-0.2, -0.15) is 0 Å². The molecule has 0 saturated heterocycles. The summed E-state index contributed by atoms with van der Waals surface area (Å²) in [6.07, 6.45) is 1.39. The van der Waals surface area contributed by atoms with Gasteiger partial charge in [0.25, 0.3) is 5.69 Å². The molecule has 0 aliphatic heterocycles. The maximum atomic E-state index is 12.6. The van der Waals surface area contributed by atoms with Crippen LogP contribution in [0.25, 0.3) is 11.0 Å². The van der Waals surface area contributed by atoms with Crippen LogP contribution in [0.5, 0.6) is 0 Å². The van der Waals surface area contributed by atoms with E-state index in [1.165, 1.54) is 18.4 Å². The fourth-order valence-corrected chi connectivity index (χ4v) is 4.48. The van der Waals surface area contributed by atoms with Gasteiger partial charge in [-0.3, -0.25) is 10.1 Å². The molecular formula is C18H19BN2O7S. The van der Waals surface area contributed by atoms with Gasteiger partial charge in [0.05, 0.1) is 22.9 Å². The van der Waals surface area contributed by atoms with Crippen LogP contribution in [0.4, 0.5) is 5.69 Å². The van der Waals surface area contributed by atoms with Crippen LogP contribution in [0.3, 0.4) is 0 Å². The molecule has 0 aliphatic rings. The molecule has 0 radical (unpaired) electrons. The molecule has 0 aliphatic carbocycles. The number of nitro groups is 1. The molecule has 9 nitrogen and oxygen atoms in total. The molecule has 2 aromatic carbocycles. The van der Waals surface area contributed by atoms with Gasteiger partial charge in [0.1, 0.15) is 5.58 Å². The number of benzene rings is 2. The van der Waals surface area contributed by atoms with Crippen molar-refractivity contribution in [2.75, 3.05) is 0 Å². The Kier molecular flexibility index (Phi) is 6.03. The highest BCUT2D eigenvalue weighted by Gasteiger charge is 2.31. The lowest BCUT2D eigenvalue weighted by molar-refractivity contribution is -0.385. The Labute approximate surface area is 167 Å². The van der Waals surface area contributed by atoms with Crippen molar-refractivity contribution in [2.24, 2.45) is 0 Å². The van der Waals surface area contributed by atoms with E-state index in [9.17, 15) is 28.6 Å². The second-order valence-corrected chi connectivity index (χ2v) is 8.50. The highest BCUT2D eigenvalue weighted by Crippen LogP contribution is 2.24. The van der Waals surface area contributed by atoms with Crippen molar-refractivity contribution in [2.45, 2.75) is 25.0 Å². The lowest BCUT2D eigenvalue weighted by atomic mass is 9.77. The minimum absolute atomic E-state index is 0.00744. The van der Waals surface area contributed by atoms with Crippen LogP contribution in [-0.2, 0) is 22.2 Å². The van der Waals surface area contributed by atoms with Gasteiger partial charge in [-0.15, -0.1) is 0 Å². The molecule has 3 aromatic rings. The van der Waals surface area contributed by atoms with Gasteiger partial charge in [-0.05, 0) is 30.5 Å². The minimum atomic E-state index is -4.11. The summed E-state index contributed by atoms with van der Waals surface area (Å²) in [5.41, 5.74) is 1.51. The predicted octanol–water partition coefficient (Wildman–Crippen LogP) is 1.69. The zero-order chi connectivity index (χ0) is 21.2. The number of furan rings is 1.